The van der Waals surface area contributed by atoms with Gasteiger partial charge in [0.05, 0.1) is 11.9 Å². The standard InChI is InChI=1S/C14H19F3N4.ClH/c1-10-12(14(15,16)17)20-11(8-19-10)21-7-4-13(9-21)2-5-18-6-3-13;/h8,18H,2-7,9H2,1H3;1H. The number of nitrogens with one attached hydrogen (secondary N) is 1. The summed E-state index contributed by atoms with van der Waals surface area (Å²) in [4.78, 5) is 9.66. The molecule has 0 aromatic carbocycles. The molecule has 2 aliphatic heterocycles. The molecule has 0 atom stereocenters. The Bertz CT molecular complexity index is 529. The van der Waals surface area contributed by atoms with Gasteiger partial charge in [0.15, 0.2) is 5.69 Å². The third-order valence-corrected chi connectivity index (χ3v) is 4.64. The van der Waals surface area contributed by atoms with Gasteiger partial charge in [0.2, 0.25) is 0 Å². The zero-order valence-corrected chi connectivity index (χ0v) is 13.2. The van der Waals surface area contributed by atoms with Crippen molar-refractivity contribution in [2.45, 2.75) is 32.4 Å². The van der Waals surface area contributed by atoms with E-state index in [9.17, 15) is 13.2 Å². The summed E-state index contributed by atoms with van der Waals surface area (Å²) in [5.74, 6) is 0.350. The first kappa shape index (κ1) is 17.3. The molecule has 1 aromatic heterocycles. The van der Waals surface area contributed by atoms with Crippen LogP contribution in [0.15, 0.2) is 6.20 Å². The SMILES string of the molecule is Cc1ncc(N2CCC3(CCNCC3)C2)nc1C(F)(F)F.Cl. The van der Waals surface area contributed by atoms with Crippen LogP contribution in [-0.4, -0.2) is 36.1 Å². The monoisotopic (exact) mass is 336 g/mol. The van der Waals surface area contributed by atoms with Gasteiger partial charge in [0.25, 0.3) is 0 Å². The molecule has 0 bridgehead atoms. The fraction of sp³-hybridized carbons (Fsp3) is 0.714. The van der Waals surface area contributed by atoms with Gasteiger partial charge in [-0.05, 0) is 44.7 Å². The van der Waals surface area contributed by atoms with Crippen LogP contribution in [0.5, 0.6) is 0 Å². The second-order valence-electron chi connectivity index (χ2n) is 6.08. The maximum Gasteiger partial charge on any atom is 0.435 e. The third kappa shape index (κ3) is 3.30. The van der Waals surface area contributed by atoms with E-state index in [0.29, 0.717) is 5.82 Å². The summed E-state index contributed by atoms with van der Waals surface area (Å²) in [6.45, 7) is 4.86. The zero-order chi connectivity index (χ0) is 15.1. The number of nitrogens with zero attached hydrogens (tertiary/aromatic N) is 3. The van der Waals surface area contributed by atoms with Crippen molar-refractivity contribution in [2.24, 2.45) is 5.41 Å². The number of hydrogen-bond acceptors (Lipinski definition) is 4. The predicted molar refractivity (Wildman–Crippen MR) is 80.4 cm³/mol. The second-order valence-corrected chi connectivity index (χ2v) is 6.08. The highest BCUT2D eigenvalue weighted by atomic mass is 35.5. The Morgan fingerprint density at radius 2 is 1.91 bits per heavy atom. The van der Waals surface area contributed by atoms with Crippen LogP contribution in [-0.2, 0) is 6.18 Å². The van der Waals surface area contributed by atoms with Crippen molar-refractivity contribution in [3.05, 3.63) is 17.6 Å². The van der Waals surface area contributed by atoms with E-state index >= 15 is 0 Å². The van der Waals surface area contributed by atoms with Crippen LogP contribution in [0, 0.1) is 12.3 Å². The first-order valence-electron chi connectivity index (χ1n) is 7.26. The number of alkyl halides is 3. The van der Waals surface area contributed by atoms with Crippen LogP contribution >= 0.6 is 12.4 Å². The van der Waals surface area contributed by atoms with Crippen LogP contribution in [0.25, 0.3) is 0 Å². The van der Waals surface area contributed by atoms with Crippen molar-refractivity contribution >= 4 is 18.2 Å². The van der Waals surface area contributed by atoms with E-state index in [-0.39, 0.29) is 23.5 Å². The van der Waals surface area contributed by atoms with Crippen LogP contribution in [0.2, 0.25) is 0 Å². The van der Waals surface area contributed by atoms with Gasteiger partial charge in [-0.3, -0.25) is 4.98 Å². The Labute approximate surface area is 133 Å². The highest BCUT2D eigenvalue weighted by Crippen LogP contribution is 2.40. The molecule has 1 aromatic rings. The topological polar surface area (TPSA) is 41.1 Å². The molecule has 124 valence electrons. The average Bonchev–Trinajstić information content (AvgIpc) is 2.82. The zero-order valence-electron chi connectivity index (χ0n) is 12.4. The summed E-state index contributed by atoms with van der Waals surface area (Å²) < 4.78 is 38.8. The lowest BCUT2D eigenvalue weighted by atomic mass is 9.78. The molecule has 2 aliphatic rings. The van der Waals surface area contributed by atoms with Crippen molar-refractivity contribution in [3.63, 3.8) is 0 Å². The number of aromatic nitrogens is 2. The Morgan fingerprint density at radius 1 is 1.23 bits per heavy atom. The van der Waals surface area contributed by atoms with Gasteiger partial charge in [-0.2, -0.15) is 13.2 Å². The number of rotatable bonds is 1. The van der Waals surface area contributed by atoms with Crippen molar-refractivity contribution in [1.29, 1.82) is 0 Å². The minimum Gasteiger partial charge on any atom is -0.355 e. The Balaban J connectivity index is 0.00000176. The van der Waals surface area contributed by atoms with Gasteiger partial charge in [0.1, 0.15) is 5.82 Å². The molecule has 1 spiro atoms. The predicted octanol–water partition coefficient (Wildman–Crippen LogP) is 2.81. The summed E-state index contributed by atoms with van der Waals surface area (Å²) >= 11 is 0. The molecule has 2 fully saturated rings. The van der Waals surface area contributed by atoms with Crippen molar-refractivity contribution in [3.8, 4) is 0 Å². The molecule has 4 nitrogen and oxygen atoms in total. The molecule has 0 saturated carbocycles. The maximum absolute atomic E-state index is 12.9. The molecule has 8 heteroatoms. The Kier molecular flexibility index (Phi) is 4.87. The molecule has 3 heterocycles. The van der Waals surface area contributed by atoms with E-state index in [0.717, 1.165) is 45.4 Å². The molecule has 0 amide bonds. The first-order valence-corrected chi connectivity index (χ1v) is 7.26. The first-order chi connectivity index (χ1) is 9.90. The van der Waals surface area contributed by atoms with Gasteiger partial charge in [-0.25, -0.2) is 4.98 Å². The maximum atomic E-state index is 12.9. The number of anilines is 1. The van der Waals surface area contributed by atoms with Gasteiger partial charge < -0.3 is 10.2 Å². The van der Waals surface area contributed by atoms with Gasteiger partial charge in [-0.1, -0.05) is 0 Å². The number of hydrogen-bond donors (Lipinski definition) is 1. The summed E-state index contributed by atoms with van der Waals surface area (Å²) in [6.07, 6.45) is 0.194. The number of halogens is 4. The fourth-order valence-electron chi connectivity index (χ4n) is 3.36. The lowest BCUT2D eigenvalue weighted by Gasteiger charge is -2.33. The molecule has 0 aliphatic carbocycles. The fourth-order valence-corrected chi connectivity index (χ4v) is 3.36. The summed E-state index contributed by atoms with van der Waals surface area (Å²) in [5, 5.41) is 3.33. The molecular weight excluding hydrogens is 317 g/mol. The van der Waals surface area contributed by atoms with Crippen molar-refractivity contribution in [2.75, 3.05) is 31.1 Å². The summed E-state index contributed by atoms with van der Waals surface area (Å²) in [7, 11) is 0. The van der Waals surface area contributed by atoms with Crippen molar-refractivity contribution < 1.29 is 13.2 Å². The number of aryl methyl sites for hydroxylation is 1. The normalized spacial score (nSPS) is 21.0. The Hall–Kier alpha value is -1.08. The number of piperidine rings is 1. The minimum atomic E-state index is -4.45. The molecule has 0 radical (unpaired) electrons. The largest absolute Gasteiger partial charge is 0.435 e. The molecular formula is C14H20ClF3N4. The van der Waals surface area contributed by atoms with E-state index in [1.165, 1.54) is 13.1 Å². The van der Waals surface area contributed by atoms with Crippen molar-refractivity contribution in [1.82, 2.24) is 15.3 Å². The molecule has 2 saturated heterocycles. The smallest absolute Gasteiger partial charge is 0.355 e. The van der Waals surface area contributed by atoms with Crippen LogP contribution in [0.3, 0.4) is 0 Å². The van der Waals surface area contributed by atoms with Crippen LogP contribution in [0.1, 0.15) is 30.7 Å². The second kappa shape index (κ2) is 6.20. The Morgan fingerprint density at radius 3 is 2.55 bits per heavy atom. The van der Waals surface area contributed by atoms with Gasteiger partial charge in [0, 0.05) is 13.1 Å². The lowest BCUT2D eigenvalue weighted by molar-refractivity contribution is -0.141. The van der Waals surface area contributed by atoms with E-state index in [1.54, 1.807) is 0 Å². The average molecular weight is 337 g/mol. The summed E-state index contributed by atoms with van der Waals surface area (Å²) in [5.41, 5.74) is -0.704. The minimum absolute atomic E-state index is 0. The van der Waals surface area contributed by atoms with E-state index in [2.05, 4.69) is 15.3 Å². The molecule has 1 N–H and O–H groups in total. The van der Waals surface area contributed by atoms with E-state index in [4.69, 9.17) is 0 Å². The third-order valence-electron chi connectivity index (χ3n) is 4.64. The highest BCUT2D eigenvalue weighted by Gasteiger charge is 2.40. The van der Waals surface area contributed by atoms with E-state index in [1.807, 2.05) is 4.90 Å². The van der Waals surface area contributed by atoms with Crippen LogP contribution < -0.4 is 10.2 Å². The van der Waals surface area contributed by atoms with Gasteiger partial charge in [-0.15, -0.1) is 12.4 Å². The molecule has 22 heavy (non-hydrogen) atoms. The van der Waals surface area contributed by atoms with E-state index < -0.39 is 11.9 Å². The van der Waals surface area contributed by atoms with Crippen LogP contribution in [0.4, 0.5) is 19.0 Å². The quantitative estimate of drug-likeness (QED) is 0.856. The lowest BCUT2D eigenvalue weighted by Crippen LogP contribution is -2.38. The molecule has 0 unspecified atom stereocenters. The molecule has 3 rings (SSSR count). The summed E-state index contributed by atoms with van der Waals surface area (Å²) in [6, 6.07) is 0. The van der Waals surface area contributed by atoms with Gasteiger partial charge >= 0.3 is 6.18 Å². The highest BCUT2D eigenvalue weighted by molar-refractivity contribution is 5.85.